The van der Waals surface area contributed by atoms with Crippen molar-refractivity contribution in [3.63, 3.8) is 0 Å². The van der Waals surface area contributed by atoms with Gasteiger partial charge in [-0.05, 0) is 51.5 Å². The van der Waals surface area contributed by atoms with E-state index < -0.39 is 89.0 Å². The van der Waals surface area contributed by atoms with Crippen LogP contribution in [-0.2, 0) is 42.8 Å². The average Bonchev–Trinajstić information content (AvgIpc) is 3.68. The number of carbonyl (C=O) groups is 5. The number of ether oxygens (including phenoxy) is 6. The molecule has 2 aromatic heterocycles. The van der Waals surface area contributed by atoms with Crippen molar-refractivity contribution in [2.24, 2.45) is 11.3 Å². The van der Waals surface area contributed by atoms with Crippen molar-refractivity contribution in [1.29, 1.82) is 0 Å². The largest absolute Gasteiger partial charge is 0.465 e. The van der Waals surface area contributed by atoms with Gasteiger partial charge in [-0.25, -0.2) is 9.59 Å². The Kier molecular flexibility index (Phi) is 8.11. The highest BCUT2D eigenvalue weighted by atomic mass is 16.6. The van der Waals surface area contributed by atoms with E-state index in [1.165, 1.54) is 43.7 Å². The highest BCUT2D eigenvalue weighted by molar-refractivity contribution is 5.87. The molecule has 3 heterocycles. The van der Waals surface area contributed by atoms with Crippen LogP contribution >= 0.6 is 0 Å². The van der Waals surface area contributed by atoms with E-state index in [1.807, 2.05) is 0 Å². The lowest BCUT2D eigenvalue weighted by molar-refractivity contribution is -0.354. The molecule has 0 amide bonds. The van der Waals surface area contributed by atoms with Crippen LogP contribution in [0.2, 0.25) is 0 Å². The summed E-state index contributed by atoms with van der Waals surface area (Å²) in [7, 11) is 0. The van der Waals surface area contributed by atoms with Crippen molar-refractivity contribution in [2.75, 3.05) is 6.61 Å². The van der Waals surface area contributed by atoms with Gasteiger partial charge in [0, 0.05) is 33.1 Å². The van der Waals surface area contributed by atoms with Gasteiger partial charge < -0.3 is 42.4 Å². The van der Waals surface area contributed by atoms with E-state index in [0.717, 1.165) is 20.8 Å². The van der Waals surface area contributed by atoms with Gasteiger partial charge in [0.15, 0.2) is 11.7 Å². The summed E-state index contributed by atoms with van der Waals surface area (Å²) in [6.07, 6.45) is -3.47. The predicted octanol–water partition coefficient (Wildman–Crippen LogP) is 2.76. The fraction of sp³-hybridized carbons (Fsp3) is 0.581. The SMILES string of the molecule is CC(=O)OC[C@]12[C@@H](OC(=O)c3ccco3)C[C@@H]3[C@@H](OC(=O)c4ccco4)[C@]1(OC3(C)C)[C@@](C)(O)C[C@H](OC(C)=O)[C@@H]2OC(C)=O. The normalized spacial score (nSPS) is 34.6. The van der Waals surface area contributed by atoms with Crippen LogP contribution in [0.15, 0.2) is 45.6 Å². The Morgan fingerprint density at radius 2 is 1.40 bits per heavy atom. The van der Waals surface area contributed by atoms with Gasteiger partial charge in [0.1, 0.15) is 30.3 Å². The fourth-order valence-electron chi connectivity index (χ4n) is 7.59. The number of furan rings is 2. The van der Waals surface area contributed by atoms with Crippen LogP contribution in [0.1, 0.15) is 75.5 Å². The maximum absolute atomic E-state index is 13.5. The third-order valence-corrected chi connectivity index (χ3v) is 9.11. The van der Waals surface area contributed by atoms with E-state index in [4.69, 9.17) is 37.3 Å². The van der Waals surface area contributed by atoms with Crippen molar-refractivity contribution >= 4 is 29.8 Å². The molecule has 45 heavy (non-hydrogen) atoms. The molecule has 2 aromatic rings. The zero-order chi connectivity index (χ0) is 32.9. The van der Waals surface area contributed by atoms with Gasteiger partial charge in [-0.15, -0.1) is 0 Å². The van der Waals surface area contributed by atoms with Gasteiger partial charge in [0.2, 0.25) is 11.5 Å². The summed E-state index contributed by atoms with van der Waals surface area (Å²) >= 11 is 0. The molecule has 2 bridgehead atoms. The van der Waals surface area contributed by atoms with E-state index in [9.17, 15) is 29.1 Å². The maximum atomic E-state index is 13.5. The molecule has 2 aliphatic carbocycles. The standard InChI is InChI=1S/C31H36O14/c1-16(32)40-15-30-23(43-26(35)20-9-7-11-38-20)13-19-24(44-27(36)21-10-8-12-39-21)31(30,45-28(19,4)5)29(6,37)14-22(41-17(2)33)25(30)42-18(3)34/h7-12,19,22-25,37H,13-15H2,1-6H3/t19-,22+,23+,24-,25+,29+,30-,31+/m1/s1. The Morgan fingerprint density at radius 3 is 1.91 bits per heavy atom. The smallest absolute Gasteiger partial charge is 0.374 e. The minimum absolute atomic E-state index is 0.0980. The Bertz CT molecular complexity index is 1460. The number of esters is 5. The maximum Gasteiger partial charge on any atom is 0.374 e. The third-order valence-electron chi connectivity index (χ3n) is 9.11. The van der Waals surface area contributed by atoms with Crippen LogP contribution in [0.5, 0.6) is 0 Å². The van der Waals surface area contributed by atoms with Crippen LogP contribution in [-0.4, -0.2) is 82.8 Å². The molecular weight excluding hydrogens is 596 g/mol. The van der Waals surface area contributed by atoms with Crippen molar-refractivity contribution < 1.29 is 66.3 Å². The van der Waals surface area contributed by atoms with Crippen molar-refractivity contribution in [1.82, 2.24) is 0 Å². The summed E-state index contributed by atoms with van der Waals surface area (Å²) in [6.45, 7) is 7.52. The van der Waals surface area contributed by atoms with E-state index in [2.05, 4.69) is 0 Å². The summed E-state index contributed by atoms with van der Waals surface area (Å²) in [5, 5.41) is 12.5. The Balaban J connectivity index is 1.79. The molecule has 1 saturated heterocycles. The zero-order valence-electron chi connectivity index (χ0n) is 25.7. The lowest BCUT2D eigenvalue weighted by Crippen LogP contribution is -2.83. The summed E-state index contributed by atoms with van der Waals surface area (Å²) in [4.78, 5) is 64.4. The Morgan fingerprint density at radius 1 is 0.822 bits per heavy atom. The Labute approximate surface area is 258 Å². The molecule has 8 atom stereocenters. The molecule has 1 aliphatic heterocycles. The van der Waals surface area contributed by atoms with E-state index >= 15 is 0 Å². The van der Waals surface area contributed by atoms with Crippen molar-refractivity contribution in [2.45, 2.75) is 95.6 Å². The van der Waals surface area contributed by atoms with Crippen LogP contribution in [0.25, 0.3) is 0 Å². The second-order valence-electron chi connectivity index (χ2n) is 12.4. The second-order valence-corrected chi connectivity index (χ2v) is 12.4. The van der Waals surface area contributed by atoms with Crippen LogP contribution < -0.4 is 0 Å². The number of aliphatic hydroxyl groups is 1. The molecule has 3 aliphatic rings. The van der Waals surface area contributed by atoms with Crippen LogP contribution in [0.4, 0.5) is 0 Å². The number of rotatable bonds is 8. The first-order chi connectivity index (χ1) is 21.1. The van der Waals surface area contributed by atoms with Gasteiger partial charge in [-0.2, -0.15) is 0 Å². The second kappa shape index (κ2) is 11.3. The average molecular weight is 633 g/mol. The zero-order valence-corrected chi connectivity index (χ0v) is 25.7. The molecule has 14 heteroatoms. The van der Waals surface area contributed by atoms with Gasteiger partial charge in [-0.3, -0.25) is 14.4 Å². The first-order valence-electron chi connectivity index (χ1n) is 14.4. The van der Waals surface area contributed by atoms with Crippen molar-refractivity contribution in [3.05, 3.63) is 48.3 Å². The predicted molar refractivity (Wildman–Crippen MR) is 147 cm³/mol. The van der Waals surface area contributed by atoms with Gasteiger partial charge >= 0.3 is 29.8 Å². The number of fused-ring (bicyclic) bond motifs is 1. The van der Waals surface area contributed by atoms with Crippen LogP contribution in [0.3, 0.4) is 0 Å². The molecule has 0 radical (unpaired) electrons. The monoisotopic (exact) mass is 632 g/mol. The molecule has 244 valence electrons. The minimum Gasteiger partial charge on any atom is -0.465 e. The molecule has 5 rings (SSSR count). The summed E-state index contributed by atoms with van der Waals surface area (Å²) in [6, 6.07) is 5.76. The number of hydrogen-bond donors (Lipinski definition) is 1. The minimum atomic E-state index is -2.10. The molecule has 0 aromatic carbocycles. The molecule has 14 nitrogen and oxygen atoms in total. The molecule has 2 saturated carbocycles. The summed E-state index contributed by atoms with van der Waals surface area (Å²) in [5.74, 6) is -5.19. The van der Waals surface area contributed by atoms with E-state index in [1.54, 1.807) is 13.8 Å². The van der Waals surface area contributed by atoms with Gasteiger partial charge in [0.05, 0.1) is 23.7 Å². The summed E-state index contributed by atoms with van der Waals surface area (Å²) in [5.41, 5.74) is -7.39. The highest BCUT2D eigenvalue weighted by Gasteiger charge is 2.86. The molecular formula is C31H36O14. The summed E-state index contributed by atoms with van der Waals surface area (Å²) < 4.78 is 46.6. The first-order valence-corrected chi connectivity index (χ1v) is 14.4. The molecule has 1 spiro atoms. The third kappa shape index (κ3) is 5.19. The highest BCUT2D eigenvalue weighted by Crippen LogP contribution is 2.69. The molecule has 0 unspecified atom stereocenters. The fourth-order valence-corrected chi connectivity index (χ4v) is 7.59. The molecule has 3 fully saturated rings. The van der Waals surface area contributed by atoms with E-state index in [0.29, 0.717) is 0 Å². The van der Waals surface area contributed by atoms with Crippen molar-refractivity contribution in [3.8, 4) is 0 Å². The van der Waals surface area contributed by atoms with Gasteiger partial charge in [-0.1, -0.05) is 0 Å². The lowest BCUT2D eigenvalue weighted by atomic mass is 9.46. The van der Waals surface area contributed by atoms with Gasteiger partial charge in [0.25, 0.3) is 0 Å². The number of hydrogen-bond acceptors (Lipinski definition) is 14. The lowest BCUT2D eigenvalue weighted by Gasteiger charge is -2.65. The van der Waals surface area contributed by atoms with Crippen LogP contribution in [0, 0.1) is 11.3 Å². The first kappa shape index (κ1) is 32.2. The topological polar surface area (TPSA) is 187 Å². The number of carbonyl (C=O) groups excluding carboxylic acids is 5. The Hall–Kier alpha value is -4.17. The quantitative estimate of drug-likeness (QED) is 0.330. The van der Waals surface area contributed by atoms with E-state index in [-0.39, 0.29) is 24.4 Å². The molecule has 1 N–H and O–H groups in total.